The summed E-state index contributed by atoms with van der Waals surface area (Å²) in [7, 11) is 0. The number of carbonyl (C=O) groups is 4. The maximum atomic E-state index is 13.3. The summed E-state index contributed by atoms with van der Waals surface area (Å²) in [5.74, 6) is -1.10. The summed E-state index contributed by atoms with van der Waals surface area (Å²) < 4.78 is 0. The lowest BCUT2D eigenvalue weighted by Gasteiger charge is -2.25. The highest BCUT2D eigenvalue weighted by Gasteiger charge is 2.26. The predicted molar refractivity (Wildman–Crippen MR) is 174 cm³/mol. The van der Waals surface area contributed by atoms with Crippen LogP contribution in [0.3, 0.4) is 0 Å². The molecule has 4 amide bonds. The van der Waals surface area contributed by atoms with Gasteiger partial charge in [0.05, 0.1) is 17.9 Å². The summed E-state index contributed by atoms with van der Waals surface area (Å²) in [5, 5.41) is 20.5. The highest BCUT2D eigenvalue weighted by Crippen LogP contribution is 2.37. The van der Waals surface area contributed by atoms with E-state index in [1.54, 1.807) is 53.4 Å². The van der Waals surface area contributed by atoms with E-state index in [1.807, 2.05) is 29.6 Å². The third-order valence-electron chi connectivity index (χ3n) is 6.69. The number of hydrogen-bond donors (Lipinski definition) is 3. The first kappa shape index (κ1) is 30.7. The molecule has 2 aromatic carbocycles. The molecule has 5 rings (SSSR count). The first-order chi connectivity index (χ1) is 21.3. The van der Waals surface area contributed by atoms with Crippen molar-refractivity contribution < 1.29 is 19.2 Å². The lowest BCUT2D eigenvalue weighted by molar-refractivity contribution is -0.129. The molecule has 0 saturated carbocycles. The van der Waals surface area contributed by atoms with E-state index in [1.165, 1.54) is 41.4 Å². The van der Waals surface area contributed by atoms with Gasteiger partial charge in [0.15, 0.2) is 0 Å². The number of fused-ring (bicyclic) bond motifs is 1. The molecule has 2 aromatic heterocycles. The molecular weight excluding hydrogens is 615 g/mol. The summed E-state index contributed by atoms with van der Waals surface area (Å²) in [6, 6.07) is 21.6. The molecule has 222 valence electrons. The van der Waals surface area contributed by atoms with E-state index in [2.05, 4.69) is 22.0 Å². The van der Waals surface area contributed by atoms with Crippen molar-refractivity contribution >= 4 is 74.8 Å². The number of rotatable bonds is 9. The summed E-state index contributed by atoms with van der Waals surface area (Å²) in [6.07, 6.45) is 2.21. The van der Waals surface area contributed by atoms with Gasteiger partial charge in [-0.1, -0.05) is 30.3 Å². The zero-order valence-corrected chi connectivity index (χ0v) is 26.0. The fraction of sp³-hybridized carbons (Fsp3) is 0.156. The van der Waals surface area contributed by atoms with Crippen molar-refractivity contribution in [3.8, 4) is 6.07 Å². The molecule has 1 aliphatic heterocycles. The van der Waals surface area contributed by atoms with Gasteiger partial charge in [-0.05, 0) is 59.8 Å². The Hall–Kier alpha value is -4.70. The minimum atomic E-state index is -0.489. The normalized spacial score (nSPS) is 12.5. The molecule has 0 radical (unpaired) electrons. The van der Waals surface area contributed by atoms with Gasteiger partial charge >= 0.3 is 0 Å². The van der Waals surface area contributed by atoms with Gasteiger partial charge in [-0.2, -0.15) is 5.26 Å². The molecule has 0 unspecified atom stereocenters. The van der Waals surface area contributed by atoms with E-state index in [9.17, 15) is 24.4 Å². The smallest absolute Gasteiger partial charge is 0.272 e. The number of benzene rings is 2. The van der Waals surface area contributed by atoms with E-state index in [-0.39, 0.29) is 23.3 Å². The molecular formula is C32H27N5O4S3. The van der Waals surface area contributed by atoms with Crippen LogP contribution >= 0.6 is 34.4 Å². The van der Waals surface area contributed by atoms with Crippen LogP contribution in [0, 0.1) is 11.3 Å². The van der Waals surface area contributed by atoms with Crippen LogP contribution in [-0.4, -0.2) is 40.8 Å². The zero-order valence-electron chi connectivity index (χ0n) is 23.6. The van der Waals surface area contributed by atoms with Gasteiger partial charge in [-0.3, -0.25) is 19.2 Å². The van der Waals surface area contributed by atoms with Gasteiger partial charge in [0.25, 0.3) is 11.8 Å². The molecule has 3 heterocycles. The number of nitrogens with one attached hydrogen (secondary N) is 3. The van der Waals surface area contributed by atoms with Crippen molar-refractivity contribution in [2.45, 2.75) is 24.8 Å². The summed E-state index contributed by atoms with van der Waals surface area (Å²) in [5.41, 5.74) is 2.38. The van der Waals surface area contributed by atoms with Crippen LogP contribution in [0.5, 0.6) is 0 Å². The van der Waals surface area contributed by atoms with Gasteiger partial charge in [0.1, 0.15) is 16.8 Å². The number of thioether (sulfide) groups is 1. The molecule has 4 aromatic rings. The maximum absolute atomic E-state index is 13.3. The monoisotopic (exact) mass is 641 g/mol. The largest absolute Gasteiger partial charge is 0.337 e. The Kier molecular flexibility index (Phi) is 9.91. The van der Waals surface area contributed by atoms with Gasteiger partial charge in [-0.15, -0.1) is 34.4 Å². The van der Waals surface area contributed by atoms with Crippen molar-refractivity contribution in [2.75, 3.05) is 22.9 Å². The number of amides is 4. The highest BCUT2D eigenvalue weighted by atomic mass is 32.2. The van der Waals surface area contributed by atoms with E-state index >= 15 is 0 Å². The number of nitrogens with zero attached hydrogens (tertiary/aromatic N) is 2. The minimum Gasteiger partial charge on any atom is -0.337 e. The van der Waals surface area contributed by atoms with Crippen molar-refractivity contribution in [1.82, 2.24) is 10.2 Å². The number of thiophene rings is 2. The van der Waals surface area contributed by atoms with Crippen molar-refractivity contribution in [3.05, 3.63) is 104 Å². The first-order valence-corrected chi connectivity index (χ1v) is 16.2. The van der Waals surface area contributed by atoms with Gasteiger partial charge in [-0.25, -0.2) is 0 Å². The Morgan fingerprint density at radius 3 is 2.59 bits per heavy atom. The lowest BCUT2D eigenvalue weighted by Crippen LogP contribution is -2.33. The fourth-order valence-electron chi connectivity index (χ4n) is 4.51. The van der Waals surface area contributed by atoms with E-state index in [0.717, 1.165) is 20.2 Å². The standard InChI is InChI=1S/C32H27N5O4S3/c1-20(38)37-13-12-25-26(17-33)32(44-28(25)18-37)36-29(39)19-43-23-10-5-9-22(15-23)34-31(41)27(16-24-11-6-14-42-24)35-30(40)21-7-3-2-4-8-21/h2-11,14-16H,12-13,18-19H2,1H3,(H,34,41)(H,35,40)(H,36,39)/b27-16-. The van der Waals surface area contributed by atoms with Crippen LogP contribution in [0.1, 0.15) is 38.2 Å². The average molecular weight is 642 g/mol. The summed E-state index contributed by atoms with van der Waals surface area (Å²) >= 11 is 4.06. The predicted octanol–water partition coefficient (Wildman–Crippen LogP) is 5.73. The second-order valence-corrected chi connectivity index (χ2v) is 12.9. The quantitative estimate of drug-likeness (QED) is 0.158. The number of hydrogen-bond acceptors (Lipinski definition) is 8. The molecule has 1 aliphatic rings. The van der Waals surface area contributed by atoms with Crippen LogP contribution in [0.2, 0.25) is 0 Å². The van der Waals surface area contributed by atoms with Gasteiger partial charge in [0.2, 0.25) is 11.8 Å². The minimum absolute atomic E-state index is 0.0188. The van der Waals surface area contributed by atoms with Crippen LogP contribution in [0.4, 0.5) is 10.7 Å². The molecule has 3 N–H and O–H groups in total. The molecule has 0 spiro atoms. The topological polar surface area (TPSA) is 131 Å². The second-order valence-electron chi connectivity index (χ2n) is 9.72. The second kappa shape index (κ2) is 14.2. The molecule has 0 atom stereocenters. The van der Waals surface area contributed by atoms with Gasteiger partial charge in [0, 0.05) is 39.4 Å². The summed E-state index contributed by atoms with van der Waals surface area (Å²) in [4.78, 5) is 54.9. The third-order valence-corrected chi connectivity index (χ3v) is 9.63. The Balaban J connectivity index is 1.22. The fourth-order valence-corrected chi connectivity index (χ4v) is 7.15. The molecule has 12 heteroatoms. The molecule has 0 saturated heterocycles. The molecule has 44 heavy (non-hydrogen) atoms. The van der Waals surface area contributed by atoms with Crippen molar-refractivity contribution in [1.29, 1.82) is 5.26 Å². The summed E-state index contributed by atoms with van der Waals surface area (Å²) in [6.45, 7) is 2.51. The van der Waals surface area contributed by atoms with Crippen LogP contribution < -0.4 is 16.0 Å². The highest BCUT2D eigenvalue weighted by molar-refractivity contribution is 8.00. The Morgan fingerprint density at radius 1 is 1.05 bits per heavy atom. The van der Waals surface area contributed by atoms with E-state index in [0.29, 0.717) is 41.3 Å². The number of anilines is 2. The number of nitriles is 1. The van der Waals surface area contributed by atoms with Crippen LogP contribution in [-0.2, 0) is 27.3 Å². The molecule has 0 fully saturated rings. The van der Waals surface area contributed by atoms with Crippen molar-refractivity contribution in [2.24, 2.45) is 0 Å². The third kappa shape index (κ3) is 7.62. The van der Waals surface area contributed by atoms with Crippen LogP contribution in [0.25, 0.3) is 6.08 Å². The molecule has 9 nitrogen and oxygen atoms in total. The Morgan fingerprint density at radius 2 is 1.86 bits per heavy atom. The molecule has 0 bridgehead atoms. The van der Waals surface area contributed by atoms with E-state index in [4.69, 9.17) is 0 Å². The Bertz CT molecular complexity index is 1770. The molecule has 0 aliphatic carbocycles. The Labute approximate surface area is 266 Å². The zero-order chi connectivity index (χ0) is 31.1. The SMILES string of the molecule is CC(=O)N1CCc2c(sc(NC(=O)CSc3cccc(NC(=O)/C(=C/c4cccs4)NC(=O)c4ccccc4)c3)c2C#N)C1. The number of carbonyl (C=O) groups excluding carboxylic acids is 4. The van der Waals surface area contributed by atoms with Gasteiger partial charge < -0.3 is 20.9 Å². The first-order valence-electron chi connectivity index (χ1n) is 13.6. The van der Waals surface area contributed by atoms with E-state index < -0.39 is 11.8 Å². The van der Waals surface area contributed by atoms with Crippen molar-refractivity contribution in [3.63, 3.8) is 0 Å². The lowest BCUT2D eigenvalue weighted by atomic mass is 10.0. The maximum Gasteiger partial charge on any atom is 0.272 e. The average Bonchev–Trinajstić information content (AvgIpc) is 3.67. The van der Waals surface area contributed by atoms with Crippen LogP contribution in [0.15, 0.2) is 82.7 Å².